The Morgan fingerprint density at radius 2 is 2.00 bits per heavy atom. The van der Waals surface area contributed by atoms with E-state index in [4.69, 9.17) is 5.73 Å². The normalized spacial score (nSPS) is 15.5. The molecule has 2 N–H and O–H groups in total. The highest BCUT2D eigenvalue weighted by Crippen LogP contribution is 2.18. The molecule has 4 nitrogen and oxygen atoms in total. The Morgan fingerprint density at radius 3 is 2.62 bits per heavy atom. The first-order chi connectivity index (χ1) is 6.36. The molecule has 0 aromatic carbocycles. The highest BCUT2D eigenvalue weighted by atomic mass is 14.9. The smallest absolute Gasteiger partial charge is 0.156 e. The standard InChI is InChI=1S/C9H10N4/c10-8-5-12-9(13-6-8)7-2-1-3-11-4-7/h3-6H,1-2,10H2. The van der Waals surface area contributed by atoms with E-state index in [1.807, 2.05) is 6.21 Å². The van der Waals surface area contributed by atoms with Gasteiger partial charge >= 0.3 is 0 Å². The predicted octanol–water partition coefficient (Wildman–Crippen LogP) is 1.26. The van der Waals surface area contributed by atoms with Crippen molar-refractivity contribution in [3.8, 4) is 0 Å². The summed E-state index contributed by atoms with van der Waals surface area (Å²) in [6.45, 7) is 0. The molecule has 2 heterocycles. The summed E-state index contributed by atoms with van der Waals surface area (Å²) in [5, 5.41) is 0. The lowest BCUT2D eigenvalue weighted by Crippen LogP contribution is -1.98. The van der Waals surface area contributed by atoms with E-state index in [1.54, 1.807) is 18.6 Å². The van der Waals surface area contributed by atoms with Crippen molar-refractivity contribution in [1.82, 2.24) is 9.97 Å². The van der Waals surface area contributed by atoms with Gasteiger partial charge in [-0.25, -0.2) is 9.97 Å². The Kier molecular flexibility index (Phi) is 2.04. The fraction of sp³-hybridized carbons (Fsp3) is 0.222. The summed E-state index contributed by atoms with van der Waals surface area (Å²) >= 11 is 0. The third-order valence-corrected chi connectivity index (χ3v) is 1.84. The van der Waals surface area contributed by atoms with Crippen molar-refractivity contribution < 1.29 is 0 Å². The molecule has 1 aromatic heterocycles. The molecule has 1 aliphatic heterocycles. The summed E-state index contributed by atoms with van der Waals surface area (Å²) in [5.74, 6) is 0.728. The van der Waals surface area contributed by atoms with Gasteiger partial charge in [-0.1, -0.05) is 0 Å². The fourth-order valence-corrected chi connectivity index (χ4v) is 1.18. The molecular weight excluding hydrogens is 164 g/mol. The summed E-state index contributed by atoms with van der Waals surface area (Å²) in [7, 11) is 0. The van der Waals surface area contributed by atoms with Gasteiger partial charge in [0.2, 0.25) is 0 Å². The van der Waals surface area contributed by atoms with E-state index in [9.17, 15) is 0 Å². The maximum absolute atomic E-state index is 5.48. The molecule has 1 aromatic rings. The number of aromatic nitrogens is 2. The van der Waals surface area contributed by atoms with Crippen molar-refractivity contribution in [3.05, 3.63) is 24.4 Å². The van der Waals surface area contributed by atoms with Crippen LogP contribution in [0.2, 0.25) is 0 Å². The van der Waals surface area contributed by atoms with Crippen molar-refractivity contribution in [2.45, 2.75) is 12.8 Å². The monoisotopic (exact) mass is 174 g/mol. The molecule has 0 atom stereocenters. The van der Waals surface area contributed by atoms with E-state index < -0.39 is 0 Å². The van der Waals surface area contributed by atoms with Crippen LogP contribution in [0, 0.1) is 0 Å². The zero-order valence-electron chi connectivity index (χ0n) is 7.14. The Balaban J connectivity index is 2.30. The van der Waals surface area contributed by atoms with Crippen LogP contribution in [0.15, 0.2) is 23.6 Å². The van der Waals surface area contributed by atoms with E-state index in [-0.39, 0.29) is 0 Å². The summed E-state index contributed by atoms with van der Waals surface area (Å²) in [6.07, 6.45) is 8.83. The maximum Gasteiger partial charge on any atom is 0.156 e. The number of hydrogen-bond acceptors (Lipinski definition) is 4. The topological polar surface area (TPSA) is 64.2 Å². The average Bonchev–Trinajstić information content (AvgIpc) is 2.20. The Labute approximate surface area is 76.2 Å². The summed E-state index contributed by atoms with van der Waals surface area (Å²) in [5.41, 5.74) is 7.14. The molecule has 0 saturated heterocycles. The van der Waals surface area contributed by atoms with Crippen molar-refractivity contribution in [2.75, 3.05) is 5.73 Å². The molecule has 1 aliphatic rings. The number of hydrogen-bond donors (Lipinski definition) is 1. The Morgan fingerprint density at radius 1 is 1.23 bits per heavy atom. The molecular formula is C9H10N4. The van der Waals surface area contributed by atoms with Crippen LogP contribution in [0.4, 0.5) is 5.69 Å². The van der Waals surface area contributed by atoms with E-state index in [1.165, 1.54) is 0 Å². The molecule has 0 unspecified atom stereocenters. The van der Waals surface area contributed by atoms with E-state index in [0.717, 1.165) is 24.2 Å². The van der Waals surface area contributed by atoms with Crippen LogP contribution in [-0.4, -0.2) is 16.2 Å². The minimum Gasteiger partial charge on any atom is -0.396 e. The number of nitrogens with zero attached hydrogens (tertiary/aromatic N) is 3. The van der Waals surface area contributed by atoms with E-state index in [0.29, 0.717) is 5.69 Å². The van der Waals surface area contributed by atoms with Crippen molar-refractivity contribution in [2.24, 2.45) is 4.99 Å². The van der Waals surface area contributed by atoms with Crippen LogP contribution in [-0.2, 0) is 0 Å². The quantitative estimate of drug-likeness (QED) is 0.697. The van der Waals surface area contributed by atoms with Crippen molar-refractivity contribution in [1.29, 1.82) is 0 Å². The number of allylic oxidation sites excluding steroid dienone is 1. The molecule has 0 spiro atoms. The lowest BCUT2D eigenvalue weighted by atomic mass is 10.1. The molecule has 4 heteroatoms. The second-order valence-electron chi connectivity index (χ2n) is 2.86. The van der Waals surface area contributed by atoms with E-state index in [2.05, 4.69) is 15.0 Å². The number of anilines is 1. The van der Waals surface area contributed by atoms with Crippen LogP contribution in [0.25, 0.3) is 5.57 Å². The SMILES string of the molecule is Nc1cnc(C2=CN=CCC2)nc1. The van der Waals surface area contributed by atoms with Crippen molar-refractivity contribution >= 4 is 17.5 Å². The molecule has 0 amide bonds. The lowest BCUT2D eigenvalue weighted by molar-refractivity contribution is 1.03. The number of aliphatic imine (C=N–C) groups is 1. The largest absolute Gasteiger partial charge is 0.396 e. The van der Waals surface area contributed by atoms with Gasteiger partial charge in [0.05, 0.1) is 18.1 Å². The first-order valence-electron chi connectivity index (χ1n) is 4.15. The number of nitrogen functional groups attached to an aromatic ring is 1. The highest BCUT2D eigenvalue weighted by molar-refractivity contribution is 5.71. The minimum atomic E-state index is 0.587. The second kappa shape index (κ2) is 3.35. The van der Waals surface area contributed by atoms with Gasteiger partial charge in [-0.05, 0) is 12.8 Å². The van der Waals surface area contributed by atoms with Gasteiger partial charge in [-0.3, -0.25) is 4.99 Å². The van der Waals surface area contributed by atoms with Crippen LogP contribution < -0.4 is 5.73 Å². The van der Waals surface area contributed by atoms with Crippen LogP contribution >= 0.6 is 0 Å². The minimum absolute atomic E-state index is 0.587. The molecule has 0 radical (unpaired) electrons. The molecule has 0 saturated carbocycles. The van der Waals surface area contributed by atoms with Crippen LogP contribution in [0.1, 0.15) is 18.7 Å². The van der Waals surface area contributed by atoms with Gasteiger partial charge in [0.1, 0.15) is 0 Å². The highest BCUT2D eigenvalue weighted by Gasteiger charge is 2.05. The summed E-state index contributed by atoms with van der Waals surface area (Å²) < 4.78 is 0. The summed E-state index contributed by atoms with van der Waals surface area (Å²) in [6, 6.07) is 0. The van der Waals surface area contributed by atoms with Crippen LogP contribution in [0.3, 0.4) is 0 Å². The Bertz CT molecular complexity index is 350. The predicted molar refractivity (Wildman–Crippen MR) is 52.1 cm³/mol. The first-order valence-corrected chi connectivity index (χ1v) is 4.15. The zero-order valence-corrected chi connectivity index (χ0v) is 7.14. The van der Waals surface area contributed by atoms with Gasteiger partial charge in [0.15, 0.2) is 5.82 Å². The molecule has 0 fully saturated rings. The molecule has 66 valence electrons. The van der Waals surface area contributed by atoms with Crippen molar-refractivity contribution in [3.63, 3.8) is 0 Å². The average molecular weight is 174 g/mol. The second-order valence-corrected chi connectivity index (χ2v) is 2.86. The van der Waals surface area contributed by atoms with Gasteiger partial charge in [0, 0.05) is 18.0 Å². The van der Waals surface area contributed by atoms with Gasteiger partial charge < -0.3 is 5.73 Å². The number of nitrogens with two attached hydrogens (primary N) is 1. The fourth-order valence-electron chi connectivity index (χ4n) is 1.18. The third kappa shape index (κ3) is 1.72. The van der Waals surface area contributed by atoms with Gasteiger partial charge in [-0.2, -0.15) is 0 Å². The third-order valence-electron chi connectivity index (χ3n) is 1.84. The molecule has 13 heavy (non-hydrogen) atoms. The molecule has 2 rings (SSSR count). The molecule has 0 aliphatic carbocycles. The zero-order chi connectivity index (χ0) is 9.10. The molecule has 0 bridgehead atoms. The summed E-state index contributed by atoms with van der Waals surface area (Å²) in [4.78, 5) is 12.3. The maximum atomic E-state index is 5.48. The first kappa shape index (κ1) is 7.91. The van der Waals surface area contributed by atoms with Crippen LogP contribution in [0.5, 0.6) is 0 Å². The Hall–Kier alpha value is -1.71. The van der Waals surface area contributed by atoms with Gasteiger partial charge in [0.25, 0.3) is 0 Å². The lowest BCUT2D eigenvalue weighted by Gasteiger charge is -2.05. The van der Waals surface area contributed by atoms with E-state index >= 15 is 0 Å². The van der Waals surface area contributed by atoms with Gasteiger partial charge in [-0.15, -0.1) is 0 Å². The number of rotatable bonds is 1.